The summed E-state index contributed by atoms with van der Waals surface area (Å²) in [6.07, 6.45) is 0.415. The smallest absolute Gasteiger partial charge is 0.337 e. The number of ketones is 1. The fourth-order valence-electron chi connectivity index (χ4n) is 3.68. The van der Waals surface area contributed by atoms with Crippen molar-refractivity contribution >= 4 is 11.8 Å². The van der Waals surface area contributed by atoms with Crippen molar-refractivity contribution in [3.05, 3.63) is 101 Å². The SMILES string of the molecule is COC(=O)c1ccc(COc2ccc(C(=O)Cc3ccc(C4CNCCO4)cc3)cc2)cc1. The lowest BCUT2D eigenvalue weighted by molar-refractivity contribution is 0.0277. The summed E-state index contributed by atoms with van der Waals surface area (Å²) < 4.78 is 16.3. The van der Waals surface area contributed by atoms with Crippen LogP contribution in [0.25, 0.3) is 0 Å². The first-order chi connectivity index (χ1) is 16.1. The molecule has 0 bridgehead atoms. The first-order valence-electron chi connectivity index (χ1n) is 11.0. The molecule has 6 nitrogen and oxygen atoms in total. The molecule has 0 saturated carbocycles. The van der Waals surface area contributed by atoms with Crippen LogP contribution in [-0.2, 0) is 22.5 Å². The molecule has 0 aromatic heterocycles. The Morgan fingerprint density at radius 2 is 1.58 bits per heavy atom. The molecule has 1 N–H and O–H groups in total. The number of hydrogen-bond donors (Lipinski definition) is 1. The molecule has 6 heteroatoms. The Labute approximate surface area is 193 Å². The second-order valence-corrected chi connectivity index (χ2v) is 7.91. The van der Waals surface area contributed by atoms with Gasteiger partial charge in [-0.15, -0.1) is 0 Å². The van der Waals surface area contributed by atoms with Gasteiger partial charge in [0.15, 0.2) is 5.78 Å². The maximum absolute atomic E-state index is 12.7. The van der Waals surface area contributed by atoms with Crippen molar-refractivity contribution in [2.45, 2.75) is 19.1 Å². The summed E-state index contributed by atoms with van der Waals surface area (Å²) >= 11 is 0. The molecule has 1 saturated heterocycles. The van der Waals surface area contributed by atoms with Gasteiger partial charge in [-0.25, -0.2) is 4.79 Å². The number of Topliss-reactive ketones (excluding diaryl/α,β-unsaturated/α-hetero) is 1. The topological polar surface area (TPSA) is 73.9 Å². The van der Waals surface area contributed by atoms with E-state index in [1.807, 2.05) is 36.4 Å². The third-order valence-corrected chi connectivity index (χ3v) is 5.60. The molecule has 0 aliphatic carbocycles. The van der Waals surface area contributed by atoms with Gasteiger partial charge in [0.1, 0.15) is 12.4 Å². The quantitative estimate of drug-likeness (QED) is 0.415. The number of carbonyl (C=O) groups is 2. The molecule has 4 rings (SSSR count). The zero-order valence-corrected chi connectivity index (χ0v) is 18.6. The van der Waals surface area contributed by atoms with Gasteiger partial charge in [-0.05, 0) is 53.1 Å². The molecule has 1 aliphatic rings. The number of esters is 1. The highest BCUT2D eigenvalue weighted by atomic mass is 16.5. The lowest BCUT2D eigenvalue weighted by Crippen LogP contribution is -2.33. The predicted molar refractivity (Wildman–Crippen MR) is 125 cm³/mol. The number of carbonyl (C=O) groups excluding carboxylic acids is 2. The highest BCUT2D eigenvalue weighted by Gasteiger charge is 2.16. The zero-order valence-electron chi connectivity index (χ0n) is 18.6. The second kappa shape index (κ2) is 10.9. The first kappa shape index (κ1) is 22.7. The number of morpholine rings is 1. The van der Waals surface area contributed by atoms with E-state index in [9.17, 15) is 9.59 Å². The fraction of sp³-hybridized carbons (Fsp3) is 0.259. The number of rotatable bonds is 8. The van der Waals surface area contributed by atoms with Crippen LogP contribution in [0.5, 0.6) is 5.75 Å². The average molecular weight is 446 g/mol. The van der Waals surface area contributed by atoms with Crippen molar-refractivity contribution < 1.29 is 23.8 Å². The van der Waals surface area contributed by atoms with Crippen LogP contribution in [0, 0.1) is 0 Å². The van der Waals surface area contributed by atoms with Crippen LogP contribution >= 0.6 is 0 Å². The molecule has 0 spiro atoms. The number of ether oxygens (including phenoxy) is 3. The third-order valence-electron chi connectivity index (χ3n) is 5.60. The summed E-state index contributed by atoms with van der Waals surface area (Å²) in [7, 11) is 1.36. The van der Waals surface area contributed by atoms with Crippen LogP contribution in [0.15, 0.2) is 72.8 Å². The highest BCUT2D eigenvalue weighted by molar-refractivity contribution is 5.97. The monoisotopic (exact) mass is 445 g/mol. The van der Waals surface area contributed by atoms with Crippen molar-refractivity contribution in [2.75, 3.05) is 26.8 Å². The molecule has 1 heterocycles. The van der Waals surface area contributed by atoms with Crippen molar-refractivity contribution in [1.82, 2.24) is 5.32 Å². The molecule has 1 fully saturated rings. The normalized spacial score (nSPS) is 15.6. The maximum Gasteiger partial charge on any atom is 0.337 e. The Morgan fingerprint density at radius 3 is 2.21 bits per heavy atom. The van der Waals surface area contributed by atoms with E-state index in [4.69, 9.17) is 14.2 Å². The zero-order chi connectivity index (χ0) is 23.0. The van der Waals surface area contributed by atoms with Crippen molar-refractivity contribution in [3.8, 4) is 5.75 Å². The van der Waals surface area contributed by atoms with Gasteiger partial charge < -0.3 is 19.5 Å². The third kappa shape index (κ3) is 6.06. The van der Waals surface area contributed by atoms with Crippen LogP contribution in [0.1, 0.15) is 43.5 Å². The minimum Gasteiger partial charge on any atom is -0.489 e. The molecular weight excluding hydrogens is 418 g/mol. The minimum absolute atomic E-state index is 0.0586. The van der Waals surface area contributed by atoms with Crippen LogP contribution in [0.3, 0.4) is 0 Å². The summed E-state index contributed by atoms with van der Waals surface area (Å²) in [6.45, 7) is 2.77. The largest absolute Gasteiger partial charge is 0.489 e. The van der Waals surface area contributed by atoms with Crippen molar-refractivity contribution in [3.63, 3.8) is 0 Å². The van der Waals surface area contributed by atoms with E-state index in [-0.39, 0.29) is 17.9 Å². The number of hydrogen-bond acceptors (Lipinski definition) is 6. The summed E-state index contributed by atoms with van der Waals surface area (Å²) in [4.78, 5) is 24.2. The molecular formula is C27H27NO5. The lowest BCUT2D eigenvalue weighted by atomic mass is 10.0. The Balaban J connectivity index is 1.29. The lowest BCUT2D eigenvalue weighted by Gasteiger charge is -2.24. The molecule has 1 aliphatic heterocycles. The molecule has 3 aromatic rings. The highest BCUT2D eigenvalue weighted by Crippen LogP contribution is 2.20. The van der Waals surface area contributed by atoms with Gasteiger partial charge in [0.25, 0.3) is 0 Å². The van der Waals surface area contributed by atoms with Gasteiger partial charge in [-0.2, -0.15) is 0 Å². The Kier molecular flexibility index (Phi) is 7.50. The van der Waals surface area contributed by atoms with Gasteiger partial charge >= 0.3 is 5.97 Å². The van der Waals surface area contributed by atoms with E-state index in [1.54, 1.807) is 36.4 Å². The first-order valence-corrected chi connectivity index (χ1v) is 11.0. The van der Waals surface area contributed by atoms with Crippen molar-refractivity contribution in [1.29, 1.82) is 0 Å². The van der Waals surface area contributed by atoms with Gasteiger partial charge in [-0.1, -0.05) is 36.4 Å². The minimum atomic E-state index is -0.366. The standard InChI is InChI=1S/C27H27NO5/c1-31-27(30)23-8-4-20(5-9-23)18-33-24-12-10-21(11-13-24)25(29)16-19-2-6-22(7-3-19)26-17-28-14-15-32-26/h2-13,26,28H,14-18H2,1H3. The van der Waals surface area contributed by atoms with E-state index in [0.717, 1.165) is 29.8 Å². The van der Waals surface area contributed by atoms with Crippen LogP contribution < -0.4 is 10.1 Å². The van der Waals surface area contributed by atoms with E-state index in [1.165, 1.54) is 7.11 Å². The summed E-state index contributed by atoms with van der Waals surface area (Å²) in [5, 5.41) is 3.33. The summed E-state index contributed by atoms with van der Waals surface area (Å²) in [6, 6.07) is 22.3. The van der Waals surface area contributed by atoms with E-state index in [2.05, 4.69) is 5.32 Å². The fourth-order valence-corrected chi connectivity index (χ4v) is 3.68. The molecule has 33 heavy (non-hydrogen) atoms. The van der Waals surface area contributed by atoms with E-state index < -0.39 is 0 Å². The molecule has 0 amide bonds. The number of methoxy groups -OCH3 is 1. The van der Waals surface area contributed by atoms with Crippen LogP contribution in [-0.4, -0.2) is 38.6 Å². The van der Waals surface area contributed by atoms with Crippen molar-refractivity contribution in [2.24, 2.45) is 0 Å². The number of nitrogens with one attached hydrogen (secondary N) is 1. The molecule has 3 aromatic carbocycles. The van der Waals surface area contributed by atoms with Gasteiger partial charge in [0.05, 0.1) is 25.4 Å². The van der Waals surface area contributed by atoms with E-state index in [0.29, 0.717) is 36.5 Å². The molecule has 0 radical (unpaired) electrons. The van der Waals surface area contributed by atoms with Crippen LogP contribution in [0.4, 0.5) is 0 Å². The van der Waals surface area contributed by atoms with Crippen LogP contribution in [0.2, 0.25) is 0 Å². The molecule has 170 valence electrons. The Hall–Kier alpha value is -3.48. The predicted octanol–water partition coefficient (Wildman–Crippen LogP) is 4.14. The summed E-state index contributed by atoms with van der Waals surface area (Å²) in [5.41, 5.74) is 4.18. The van der Waals surface area contributed by atoms with E-state index >= 15 is 0 Å². The Morgan fingerprint density at radius 1 is 0.909 bits per heavy atom. The van der Waals surface area contributed by atoms with Gasteiger partial charge in [0.2, 0.25) is 0 Å². The van der Waals surface area contributed by atoms with Gasteiger partial charge in [0, 0.05) is 25.1 Å². The Bertz CT molecular complexity index is 1070. The second-order valence-electron chi connectivity index (χ2n) is 7.91. The average Bonchev–Trinajstić information content (AvgIpc) is 2.88. The van der Waals surface area contributed by atoms with Gasteiger partial charge in [-0.3, -0.25) is 4.79 Å². The molecule has 1 unspecified atom stereocenters. The summed E-state index contributed by atoms with van der Waals surface area (Å²) in [5.74, 6) is 0.367. The number of benzene rings is 3. The maximum atomic E-state index is 12.7. The molecule has 1 atom stereocenters.